The van der Waals surface area contributed by atoms with Gasteiger partial charge in [-0.25, -0.2) is 9.67 Å². The van der Waals surface area contributed by atoms with E-state index in [1.165, 1.54) is 16.8 Å². The summed E-state index contributed by atoms with van der Waals surface area (Å²) in [6.07, 6.45) is -5.32. The van der Waals surface area contributed by atoms with Gasteiger partial charge >= 0.3 is 6.18 Å². The fourth-order valence-corrected chi connectivity index (χ4v) is 2.67. The van der Waals surface area contributed by atoms with Crippen molar-refractivity contribution in [3.63, 3.8) is 0 Å². The molecule has 2 aromatic heterocycles. The number of halogens is 3. The van der Waals surface area contributed by atoms with Crippen molar-refractivity contribution in [2.45, 2.75) is 33.1 Å². The van der Waals surface area contributed by atoms with E-state index in [4.69, 9.17) is 10.5 Å². The topological polar surface area (TPSA) is 78.9 Å². The number of aromatic nitrogens is 4. The maximum atomic E-state index is 13.9. The zero-order chi connectivity index (χ0) is 19.8. The Morgan fingerprint density at radius 2 is 1.78 bits per heavy atom. The molecule has 0 aliphatic carbocycles. The molecule has 9 heteroatoms. The summed E-state index contributed by atoms with van der Waals surface area (Å²) < 4.78 is 48.2. The summed E-state index contributed by atoms with van der Waals surface area (Å²) >= 11 is 0. The lowest BCUT2D eigenvalue weighted by Crippen LogP contribution is -2.28. The first kappa shape index (κ1) is 18.7. The number of benzene rings is 1. The summed E-state index contributed by atoms with van der Waals surface area (Å²) in [5.74, 6) is -0.400. The first-order chi connectivity index (χ1) is 12.6. The third-order valence-electron chi connectivity index (χ3n) is 3.82. The third kappa shape index (κ3) is 4.18. The van der Waals surface area contributed by atoms with Crippen LogP contribution < -0.4 is 10.5 Å². The maximum absolute atomic E-state index is 13.9. The van der Waals surface area contributed by atoms with Gasteiger partial charge in [0.2, 0.25) is 17.9 Å². The second-order valence-electron chi connectivity index (χ2n) is 6.21. The van der Waals surface area contributed by atoms with Crippen LogP contribution in [-0.4, -0.2) is 25.9 Å². The van der Waals surface area contributed by atoms with Crippen molar-refractivity contribution in [3.05, 3.63) is 59.0 Å². The van der Waals surface area contributed by atoms with Crippen LogP contribution in [0.5, 0.6) is 5.88 Å². The van der Waals surface area contributed by atoms with Crippen molar-refractivity contribution >= 4 is 5.95 Å². The molecule has 3 aromatic rings. The summed E-state index contributed by atoms with van der Waals surface area (Å²) in [5.41, 5.74) is 7.62. The Balaban J connectivity index is 2.11. The lowest BCUT2D eigenvalue weighted by atomic mass is 10.0. The molecule has 2 N–H and O–H groups in total. The normalized spacial score (nSPS) is 12.8. The van der Waals surface area contributed by atoms with Crippen LogP contribution in [0, 0.1) is 20.8 Å². The fraction of sp³-hybridized carbons (Fsp3) is 0.278. The van der Waals surface area contributed by atoms with Crippen LogP contribution in [0.3, 0.4) is 0 Å². The van der Waals surface area contributed by atoms with Crippen molar-refractivity contribution in [1.82, 2.24) is 19.7 Å². The van der Waals surface area contributed by atoms with Gasteiger partial charge in [0.15, 0.2) is 0 Å². The van der Waals surface area contributed by atoms with Crippen LogP contribution in [0.15, 0.2) is 36.5 Å². The first-order valence-electron chi connectivity index (χ1n) is 8.11. The molecule has 6 nitrogen and oxygen atoms in total. The molecule has 0 radical (unpaired) electrons. The highest BCUT2D eigenvalue weighted by atomic mass is 19.4. The van der Waals surface area contributed by atoms with Gasteiger partial charge in [-0.3, -0.25) is 0 Å². The molecule has 0 bridgehead atoms. The SMILES string of the molecule is Cc1ccc([C@@H](Oc2cc(C)nc(N)n2)C(F)(F)F)c(-n2ccc(C)n2)c1. The van der Waals surface area contributed by atoms with Crippen molar-refractivity contribution < 1.29 is 17.9 Å². The highest BCUT2D eigenvalue weighted by molar-refractivity contribution is 5.46. The highest BCUT2D eigenvalue weighted by Crippen LogP contribution is 2.39. The lowest BCUT2D eigenvalue weighted by molar-refractivity contribution is -0.198. The molecule has 0 unspecified atom stereocenters. The minimum Gasteiger partial charge on any atom is -0.459 e. The minimum absolute atomic E-state index is 0.0777. The molecule has 0 saturated carbocycles. The van der Waals surface area contributed by atoms with Gasteiger partial charge in [-0.15, -0.1) is 0 Å². The first-order valence-corrected chi connectivity index (χ1v) is 8.11. The Labute approximate surface area is 153 Å². The molecule has 0 aliphatic rings. The Hall–Kier alpha value is -3.10. The van der Waals surface area contributed by atoms with Gasteiger partial charge in [0, 0.05) is 23.5 Å². The molecule has 0 saturated heterocycles. The number of nitrogens with zero attached hydrogens (tertiary/aromatic N) is 4. The summed E-state index contributed by atoms with van der Waals surface area (Å²) in [6, 6.07) is 7.63. The van der Waals surface area contributed by atoms with E-state index < -0.39 is 12.3 Å². The second-order valence-corrected chi connectivity index (χ2v) is 6.21. The molecule has 27 heavy (non-hydrogen) atoms. The van der Waals surface area contributed by atoms with Crippen molar-refractivity contribution in [3.8, 4) is 11.6 Å². The molecule has 1 atom stereocenters. The van der Waals surface area contributed by atoms with E-state index in [1.807, 2.05) is 0 Å². The van der Waals surface area contributed by atoms with Gasteiger partial charge in [0.05, 0.1) is 11.4 Å². The molecule has 2 heterocycles. The molecule has 142 valence electrons. The minimum atomic E-state index is -4.68. The lowest BCUT2D eigenvalue weighted by Gasteiger charge is -2.24. The molecule has 3 rings (SSSR count). The zero-order valence-corrected chi connectivity index (χ0v) is 14.9. The summed E-state index contributed by atoms with van der Waals surface area (Å²) in [4.78, 5) is 7.61. The van der Waals surface area contributed by atoms with E-state index in [1.54, 1.807) is 45.2 Å². The third-order valence-corrected chi connectivity index (χ3v) is 3.82. The molecule has 0 aliphatic heterocycles. The van der Waals surface area contributed by atoms with Crippen LogP contribution in [-0.2, 0) is 0 Å². The second kappa shape index (κ2) is 6.90. The maximum Gasteiger partial charge on any atom is 0.429 e. The zero-order valence-electron chi connectivity index (χ0n) is 14.9. The summed E-state index contributed by atoms with van der Waals surface area (Å²) in [6.45, 7) is 5.15. The number of nitrogens with two attached hydrogens (primary N) is 1. The molecular formula is C18H18F3N5O. The predicted molar refractivity (Wildman–Crippen MR) is 93.6 cm³/mol. The molecule has 1 aromatic carbocycles. The Kier molecular flexibility index (Phi) is 4.77. The van der Waals surface area contributed by atoms with Gasteiger partial charge in [0.1, 0.15) is 0 Å². The van der Waals surface area contributed by atoms with Crippen molar-refractivity contribution in [1.29, 1.82) is 0 Å². The number of anilines is 1. The largest absolute Gasteiger partial charge is 0.459 e. The number of nitrogen functional groups attached to an aromatic ring is 1. The molecular weight excluding hydrogens is 359 g/mol. The van der Waals surface area contributed by atoms with E-state index in [-0.39, 0.29) is 23.1 Å². The molecule has 0 spiro atoms. The number of hydrogen-bond acceptors (Lipinski definition) is 5. The Bertz CT molecular complexity index is 948. The number of aryl methyl sites for hydroxylation is 3. The summed E-state index contributed by atoms with van der Waals surface area (Å²) in [5, 5.41) is 4.23. The number of hydrogen-bond donors (Lipinski definition) is 1. The van der Waals surface area contributed by atoms with Gasteiger partial charge < -0.3 is 10.5 Å². The fourth-order valence-electron chi connectivity index (χ4n) is 2.67. The predicted octanol–water partition coefficient (Wildman–Crippen LogP) is 3.85. The van der Waals surface area contributed by atoms with Crippen molar-refractivity contribution in [2.75, 3.05) is 5.73 Å². The average molecular weight is 377 g/mol. The monoisotopic (exact) mass is 377 g/mol. The van der Waals surface area contributed by atoms with Gasteiger partial charge in [0.25, 0.3) is 0 Å². The van der Waals surface area contributed by atoms with Crippen LogP contribution in [0.1, 0.15) is 28.6 Å². The summed E-state index contributed by atoms with van der Waals surface area (Å²) in [7, 11) is 0. The Morgan fingerprint density at radius 1 is 1.04 bits per heavy atom. The number of rotatable bonds is 4. The van der Waals surface area contributed by atoms with E-state index in [9.17, 15) is 13.2 Å². The molecule has 0 amide bonds. The molecule has 0 fully saturated rings. The van der Waals surface area contributed by atoms with Gasteiger partial charge in [-0.1, -0.05) is 12.1 Å². The van der Waals surface area contributed by atoms with E-state index in [0.717, 1.165) is 5.56 Å². The van der Waals surface area contributed by atoms with Crippen molar-refractivity contribution in [2.24, 2.45) is 0 Å². The van der Waals surface area contributed by atoms with Crippen LogP contribution in [0.4, 0.5) is 19.1 Å². The highest BCUT2D eigenvalue weighted by Gasteiger charge is 2.45. The van der Waals surface area contributed by atoms with Crippen LogP contribution in [0.2, 0.25) is 0 Å². The smallest absolute Gasteiger partial charge is 0.429 e. The standard InChI is InChI=1S/C18H18F3N5O/c1-10-4-5-13(14(8-10)26-7-6-11(2)25-26)16(18(19,20)21)27-15-9-12(3)23-17(22)24-15/h4-9,16H,1-3H3,(H2,22,23,24)/t16-/m1/s1. The van der Waals surface area contributed by atoms with E-state index in [2.05, 4.69) is 15.1 Å². The number of alkyl halides is 3. The quantitative estimate of drug-likeness (QED) is 0.747. The number of ether oxygens (including phenoxy) is 1. The van der Waals surface area contributed by atoms with E-state index >= 15 is 0 Å². The van der Waals surface area contributed by atoms with Gasteiger partial charge in [-0.05, 0) is 38.5 Å². The van der Waals surface area contributed by atoms with Crippen LogP contribution >= 0.6 is 0 Å². The Morgan fingerprint density at radius 3 is 2.37 bits per heavy atom. The van der Waals surface area contributed by atoms with E-state index in [0.29, 0.717) is 11.4 Å². The van der Waals surface area contributed by atoms with Gasteiger partial charge in [-0.2, -0.15) is 23.3 Å². The van der Waals surface area contributed by atoms with Crippen LogP contribution in [0.25, 0.3) is 5.69 Å². The average Bonchev–Trinajstić information content (AvgIpc) is 2.97.